The van der Waals surface area contributed by atoms with E-state index in [4.69, 9.17) is 0 Å². The number of nitrogens with one attached hydrogen (secondary N) is 2. The lowest BCUT2D eigenvalue weighted by molar-refractivity contribution is -0.115. The van der Waals surface area contributed by atoms with Crippen LogP contribution < -0.4 is 10.6 Å². The molecule has 0 unspecified atom stereocenters. The van der Waals surface area contributed by atoms with Crippen LogP contribution in [0, 0.1) is 6.92 Å². The van der Waals surface area contributed by atoms with Crippen LogP contribution in [-0.4, -0.2) is 23.3 Å². The van der Waals surface area contributed by atoms with Gasteiger partial charge in [0.15, 0.2) is 0 Å². The fourth-order valence-corrected chi connectivity index (χ4v) is 2.02. The number of carbonyl (C=O) groups is 2. The molecular formula is C15H14BrN3O2. The Bertz CT molecular complexity index is 656. The standard InChI is InChI=1S/C15H14BrN3O2/c1-10-5-6-13(17-8-10)19-14(20)9-18-15(21)11-3-2-4-12(16)7-11/h2-8H,9H2,1H3,(H,18,21)(H,17,19,20). The molecule has 0 saturated heterocycles. The number of aromatic nitrogens is 1. The second kappa shape index (κ2) is 6.99. The van der Waals surface area contributed by atoms with E-state index in [1.165, 1.54) is 0 Å². The molecule has 1 heterocycles. The minimum absolute atomic E-state index is 0.110. The second-order valence-electron chi connectivity index (χ2n) is 4.46. The van der Waals surface area contributed by atoms with Gasteiger partial charge in [-0.3, -0.25) is 9.59 Å². The van der Waals surface area contributed by atoms with E-state index in [2.05, 4.69) is 31.5 Å². The third-order valence-corrected chi connectivity index (χ3v) is 3.17. The number of rotatable bonds is 4. The van der Waals surface area contributed by atoms with E-state index in [1.807, 2.05) is 19.1 Å². The summed E-state index contributed by atoms with van der Waals surface area (Å²) in [5.41, 5.74) is 1.50. The molecule has 6 heteroatoms. The van der Waals surface area contributed by atoms with Crippen LogP contribution in [0.15, 0.2) is 47.1 Å². The maximum atomic E-state index is 11.9. The summed E-state index contributed by atoms with van der Waals surface area (Å²) in [5, 5.41) is 5.17. The summed E-state index contributed by atoms with van der Waals surface area (Å²) in [5.74, 6) is -0.166. The molecule has 1 aromatic heterocycles. The fraction of sp³-hybridized carbons (Fsp3) is 0.133. The van der Waals surface area contributed by atoms with Crippen molar-refractivity contribution >= 4 is 33.6 Å². The van der Waals surface area contributed by atoms with E-state index in [1.54, 1.807) is 30.5 Å². The molecule has 0 bridgehead atoms. The molecule has 108 valence electrons. The Labute approximate surface area is 130 Å². The van der Waals surface area contributed by atoms with Crippen LogP contribution >= 0.6 is 15.9 Å². The van der Waals surface area contributed by atoms with Crippen LogP contribution in [0.25, 0.3) is 0 Å². The van der Waals surface area contributed by atoms with Gasteiger partial charge in [0.2, 0.25) is 5.91 Å². The van der Waals surface area contributed by atoms with Crippen molar-refractivity contribution in [1.29, 1.82) is 0 Å². The number of nitrogens with zero attached hydrogens (tertiary/aromatic N) is 1. The minimum Gasteiger partial charge on any atom is -0.343 e. The lowest BCUT2D eigenvalue weighted by Crippen LogP contribution is -2.33. The van der Waals surface area contributed by atoms with Crippen molar-refractivity contribution in [3.8, 4) is 0 Å². The summed E-state index contributed by atoms with van der Waals surface area (Å²) >= 11 is 3.29. The van der Waals surface area contributed by atoms with Gasteiger partial charge in [0, 0.05) is 16.2 Å². The molecule has 0 radical (unpaired) electrons. The number of aryl methyl sites for hydroxylation is 1. The van der Waals surface area contributed by atoms with Gasteiger partial charge in [0.1, 0.15) is 5.82 Å². The van der Waals surface area contributed by atoms with Gasteiger partial charge in [-0.25, -0.2) is 4.98 Å². The molecular weight excluding hydrogens is 334 g/mol. The average molecular weight is 348 g/mol. The van der Waals surface area contributed by atoms with Gasteiger partial charge in [-0.1, -0.05) is 28.1 Å². The first-order valence-corrected chi connectivity index (χ1v) is 7.10. The van der Waals surface area contributed by atoms with E-state index in [-0.39, 0.29) is 18.4 Å². The number of hydrogen-bond donors (Lipinski definition) is 2. The van der Waals surface area contributed by atoms with Crippen molar-refractivity contribution in [2.75, 3.05) is 11.9 Å². The summed E-state index contributed by atoms with van der Waals surface area (Å²) < 4.78 is 0.809. The normalized spacial score (nSPS) is 10.0. The first kappa shape index (κ1) is 15.2. The fourth-order valence-electron chi connectivity index (χ4n) is 1.62. The van der Waals surface area contributed by atoms with Gasteiger partial charge in [0.05, 0.1) is 6.54 Å². The Morgan fingerprint density at radius 1 is 1.24 bits per heavy atom. The Balaban J connectivity index is 1.86. The number of anilines is 1. The number of amides is 2. The van der Waals surface area contributed by atoms with Crippen LogP contribution in [0.2, 0.25) is 0 Å². The third-order valence-electron chi connectivity index (χ3n) is 2.68. The van der Waals surface area contributed by atoms with E-state index in [0.29, 0.717) is 11.4 Å². The topological polar surface area (TPSA) is 71.1 Å². The summed E-state index contributed by atoms with van der Waals surface area (Å²) in [6.45, 7) is 1.80. The highest BCUT2D eigenvalue weighted by molar-refractivity contribution is 9.10. The highest BCUT2D eigenvalue weighted by Crippen LogP contribution is 2.11. The first-order valence-electron chi connectivity index (χ1n) is 6.31. The molecule has 0 atom stereocenters. The van der Waals surface area contributed by atoms with Gasteiger partial charge >= 0.3 is 0 Å². The monoisotopic (exact) mass is 347 g/mol. The molecule has 0 spiro atoms. The summed E-state index contributed by atoms with van der Waals surface area (Å²) in [4.78, 5) is 27.7. The Morgan fingerprint density at radius 2 is 2.05 bits per heavy atom. The Kier molecular flexibility index (Phi) is 5.05. The van der Waals surface area contributed by atoms with E-state index in [0.717, 1.165) is 10.0 Å². The number of pyridine rings is 1. The maximum absolute atomic E-state index is 11.9. The van der Waals surface area contributed by atoms with Gasteiger partial charge in [-0.2, -0.15) is 0 Å². The first-order chi connectivity index (χ1) is 10.0. The molecule has 0 saturated carbocycles. The zero-order valence-corrected chi connectivity index (χ0v) is 13.0. The van der Waals surface area contributed by atoms with Crippen molar-refractivity contribution in [3.05, 3.63) is 58.2 Å². The van der Waals surface area contributed by atoms with Gasteiger partial charge in [-0.05, 0) is 36.8 Å². The van der Waals surface area contributed by atoms with Crippen molar-refractivity contribution in [1.82, 2.24) is 10.3 Å². The van der Waals surface area contributed by atoms with Crippen LogP contribution in [0.4, 0.5) is 5.82 Å². The zero-order valence-electron chi connectivity index (χ0n) is 11.4. The largest absolute Gasteiger partial charge is 0.343 e. The van der Waals surface area contributed by atoms with Gasteiger partial charge in [0.25, 0.3) is 5.91 Å². The summed E-state index contributed by atoms with van der Waals surface area (Å²) in [7, 11) is 0. The highest BCUT2D eigenvalue weighted by Gasteiger charge is 2.08. The predicted molar refractivity (Wildman–Crippen MR) is 84.1 cm³/mol. The van der Waals surface area contributed by atoms with E-state index in [9.17, 15) is 9.59 Å². The molecule has 0 aliphatic heterocycles. The molecule has 5 nitrogen and oxygen atoms in total. The third kappa shape index (κ3) is 4.68. The van der Waals surface area contributed by atoms with Crippen LogP contribution in [0.3, 0.4) is 0 Å². The summed E-state index contributed by atoms with van der Waals surface area (Å²) in [6, 6.07) is 10.5. The number of halogens is 1. The van der Waals surface area contributed by atoms with Gasteiger partial charge < -0.3 is 10.6 Å². The summed E-state index contributed by atoms with van der Waals surface area (Å²) in [6.07, 6.45) is 1.66. The molecule has 1 aromatic carbocycles. The quantitative estimate of drug-likeness (QED) is 0.892. The van der Waals surface area contributed by atoms with E-state index < -0.39 is 0 Å². The zero-order chi connectivity index (χ0) is 15.2. The second-order valence-corrected chi connectivity index (χ2v) is 5.38. The Morgan fingerprint density at radius 3 is 2.71 bits per heavy atom. The molecule has 0 aliphatic carbocycles. The number of benzene rings is 1. The predicted octanol–water partition coefficient (Wildman–Crippen LogP) is 2.52. The SMILES string of the molecule is Cc1ccc(NC(=O)CNC(=O)c2cccc(Br)c2)nc1. The lowest BCUT2D eigenvalue weighted by Gasteiger charge is -2.07. The molecule has 2 amide bonds. The number of carbonyl (C=O) groups excluding carboxylic acids is 2. The highest BCUT2D eigenvalue weighted by atomic mass is 79.9. The Hall–Kier alpha value is -2.21. The maximum Gasteiger partial charge on any atom is 0.251 e. The molecule has 21 heavy (non-hydrogen) atoms. The van der Waals surface area contributed by atoms with Crippen LogP contribution in [-0.2, 0) is 4.79 Å². The number of hydrogen-bond acceptors (Lipinski definition) is 3. The van der Waals surface area contributed by atoms with E-state index >= 15 is 0 Å². The van der Waals surface area contributed by atoms with Crippen LogP contribution in [0.5, 0.6) is 0 Å². The van der Waals surface area contributed by atoms with Crippen molar-refractivity contribution in [3.63, 3.8) is 0 Å². The molecule has 0 fully saturated rings. The van der Waals surface area contributed by atoms with Crippen molar-refractivity contribution < 1.29 is 9.59 Å². The molecule has 2 rings (SSSR count). The average Bonchev–Trinajstić information content (AvgIpc) is 2.47. The molecule has 2 aromatic rings. The minimum atomic E-state index is -0.324. The molecule has 0 aliphatic rings. The van der Waals surface area contributed by atoms with Crippen LogP contribution in [0.1, 0.15) is 15.9 Å². The lowest BCUT2D eigenvalue weighted by atomic mass is 10.2. The smallest absolute Gasteiger partial charge is 0.251 e. The van der Waals surface area contributed by atoms with Crippen molar-refractivity contribution in [2.45, 2.75) is 6.92 Å². The molecule has 2 N–H and O–H groups in total. The van der Waals surface area contributed by atoms with Crippen molar-refractivity contribution in [2.24, 2.45) is 0 Å². The van der Waals surface area contributed by atoms with Gasteiger partial charge in [-0.15, -0.1) is 0 Å².